The number of aliphatic hydroxyl groups is 1. The molecule has 0 amide bonds. The number of likely N-dealkylation sites (N-methyl/N-ethyl adjacent to an activating group) is 1. The van der Waals surface area contributed by atoms with E-state index in [1.54, 1.807) is 7.11 Å². The maximum Gasteiger partial charge on any atom is 0.0722 e. The SMILES string of the molecule is CNC(C)(CCO)C(C)OC. The first-order valence-corrected chi connectivity index (χ1v) is 3.93. The molecule has 68 valence electrons. The van der Waals surface area contributed by atoms with Crippen LogP contribution in [-0.4, -0.2) is 37.5 Å². The predicted molar refractivity (Wildman–Crippen MR) is 45.6 cm³/mol. The van der Waals surface area contributed by atoms with Crippen LogP contribution in [0.4, 0.5) is 0 Å². The molecule has 3 nitrogen and oxygen atoms in total. The van der Waals surface area contributed by atoms with Crippen molar-refractivity contribution in [1.29, 1.82) is 0 Å². The van der Waals surface area contributed by atoms with Crippen molar-refractivity contribution in [2.75, 3.05) is 20.8 Å². The Kier molecular flexibility index (Phi) is 4.65. The van der Waals surface area contributed by atoms with Gasteiger partial charge in [0, 0.05) is 19.3 Å². The van der Waals surface area contributed by atoms with E-state index in [0.717, 1.165) is 0 Å². The monoisotopic (exact) mass is 161 g/mol. The van der Waals surface area contributed by atoms with Crippen LogP contribution in [0.5, 0.6) is 0 Å². The van der Waals surface area contributed by atoms with Gasteiger partial charge in [0.15, 0.2) is 0 Å². The summed E-state index contributed by atoms with van der Waals surface area (Å²) in [6.07, 6.45) is 0.818. The maximum absolute atomic E-state index is 8.78. The molecule has 0 bridgehead atoms. The molecule has 2 unspecified atom stereocenters. The Morgan fingerprint density at radius 2 is 2.18 bits per heavy atom. The number of methoxy groups -OCH3 is 1. The average molecular weight is 161 g/mol. The third-order valence-electron chi connectivity index (χ3n) is 2.45. The van der Waals surface area contributed by atoms with Crippen LogP contribution < -0.4 is 5.32 Å². The predicted octanol–water partition coefficient (Wildman–Crippen LogP) is 0.382. The lowest BCUT2D eigenvalue weighted by Gasteiger charge is -2.33. The van der Waals surface area contributed by atoms with Crippen LogP contribution in [0.25, 0.3) is 0 Å². The first kappa shape index (κ1) is 10.9. The Labute approximate surface area is 68.8 Å². The van der Waals surface area contributed by atoms with Gasteiger partial charge in [-0.15, -0.1) is 0 Å². The third-order valence-corrected chi connectivity index (χ3v) is 2.45. The van der Waals surface area contributed by atoms with E-state index in [1.165, 1.54) is 0 Å². The highest BCUT2D eigenvalue weighted by atomic mass is 16.5. The molecule has 0 radical (unpaired) electrons. The van der Waals surface area contributed by atoms with E-state index in [0.29, 0.717) is 6.42 Å². The molecule has 0 heterocycles. The second kappa shape index (κ2) is 4.70. The summed E-state index contributed by atoms with van der Waals surface area (Å²) in [7, 11) is 3.56. The molecule has 11 heavy (non-hydrogen) atoms. The van der Waals surface area contributed by atoms with Crippen molar-refractivity contribution in [3.8, 4) is 0 Å². The van der Waals surface area contributed by atoms with Crippen LogP contribution in [0.1, 0.15) is 20.3 Å². The molecule has 0 aromatic heterocycles. The van der Waals surface area contributed by atoms with Crippen molar-refractivity contribution in [3.63, 3.8) is 0 Å². The normalized spacial score (nSPS) is 19.4. The molecule has 0 spiro atoms. The van der Waals surface area contributed by atoms with Crippen LogP contribution in [0.2, 0.25) is 0 Å². The maximum atomic E-state index is 8.78. The lowest BCUT2D eigenvalue weighted by Crippen LogP contribution is -2.50. The molecule has 0 saturated carbocycles. The Morgan fingerprint density at radius 1 is 1.64 bits per heavy atom. The van der Waals surface area contributed by atoms with Gasteiger partial charge in [-0.25, -0.2) is 0 Å². The summed E-state index contributed by atoms with van der Waals surface area (Å²) in [5.74, 6) is 0. The van der Waals surface area contributed by atoms with Crippen LogP contribution in [-0.2, 0) is 4.74 Å². The van der Waals surface area contributed by atoms with Crippen LogP contribution in [0.3, 0.4) is 0 Å². The number of ether oxygens (including phenoxy) is 1. The largest absolute Gasteiger partial charge is 0.396 e. The lowest BCUT2D eigenvalue weighted by molar-refractivity contribution is 0.0292. The lowest BCUT2D eigenvalue weighted by atomic mass is 9.92. The van der Waals surface area contributed by atoms with E-state index in [1.807, 2.05) is 20.9 Å². The number of rotatable bonds is 5. The Balaban J connectivity index is 4.07. The van der Waals surface area contributed by atoms with Gasteiger partial charge < -0.3 is 15.2 Å². The van der Waals surface area contributed by atoms with E-state index in [4.69, 9.17) is 9.84 Å². The molecule has 3 heteroatoms. The van der Waals surface area contributed by atoms with Crippen molar-refractivity contribution >= 4 is 0 Å². The summed E-state index contributed by atoms with van der Waals surface area (Å²) < 4.78 is 5.19. The summed E-state index contributed by atoms with van der Waals surface area (Å²) in [5, 5.41) is 11.9. The second-order valence-electron chi connectivity index (χ2n) is 3.02. The smallest absolute Gasteiger partial charge is 0.0722 e. The minimum Gasteiger partial charge on any atom is -0.396 e. The van der Waals surface area contributed by atoms with Crippen molar-refractivity contribution in [3.05, 3.63) is 0 Å². The Hall–Kier alpha value is -0.120. The van der Waals surface area contributed by atoms with E-state index < -0.39 is 0 Å². The van der Waals surface area contributed by atoms with Gasteiger partial charge in [0.1, 0.15) is 0 Å². The standard InChI is InChI=1S/C8H19NO2/c1-7(11-4)8(2,9-3)5-6-10/h7,9-10H,5-6H2,1-4H3. The molecule has 2 atom stereocenters. The highest BCUT2D eigenvalue weighted by molar-refractivity contribution is 4.87. The van der Waals surface area contributed by atoms with Crippen LogP contribution in [0.15, 0.2) is 0 Å². The van der Waals surface area contributed by atoms with E-state index >= 15 is 0 Å². The minimum atomic E-state index is -0.122. The first-order valence-electron chi connectivity index (χ1n) is 3.93. The van der Waals surface area contributed by atoms with E-state index in [-0.39, 0.29) is 18.2 Å². The molecule has 0 saturated heterocycles. The fourth-order valence-electron chi connectivity index (χ4n) is 1.02. The third kappa shape index (κ3) is 2.77. The van der Waals surface area contributed by atoms with Crippen molar-refractivity contribution in [2.24, 2.45) is 0 Å². The molecule has 0 aliphatic rings. The highest BCUT2D eigenvalue weighted by Gasteiger charge is 2.28. The topological polar surface area (TPSA) is 41.5 Å². The number of nitrogens with one attached hydrogen (secondary N) is 1. The van der Waals surface area contributed by atoms with Gasteiger partial charge in [0.2, 0.25) is 0 Å². The van der Waals surface area contributed by atoms with Gasteiger partial charge in [-0.05, 0) is 27.3 Å². The van der Waals surface area contributed by atoms with Gasteiger partial charge >= 0.3 is 0 Å². The number of hydrogen-bond donors (Lipinski definition) is 2. The summed E-state index contributed by atoms with van der Waals surface area (Å²) in [6.45, 7) is 4.22. The molecule has 0 aromatic carbocycles. The van der Waals surface area contributed by atoms with Gasteiger partial charge in [0.05, 0.1) is 6.10 Å². The zero-order chi connectivity index (χ0) is 8.91. The van der Waals surface area contributed by atoms with Gasteiger partial charge in [-0.3, -0.25) is 0 Å². The average Bonchev–Trinajstić information content (AvgIpc) is 2.03. The molecular weight excluding hydrogens is 142 g/mol. The summed E-state index contributed by atoms with van der Waals surface area (Å²) >= 11 is 0. The highest BCUT2D eigenvalue weighted by Crippen LogP contribution is 2.15. The van der Waals surface area contributed by atoms with Crippen molar-refractivity contribution < 1.29 is 9.84 Å². The van der Waals surface area contributed by atoms with E-state index in [9.17, 15) is 0 Å². The van der Waals surface area contributed by atoms with Gasteiger partial charge in [-0.1, -0.05) is 0 Å². The Bertz CT molecular complexity index is 108. The molecule has 0 aliphatic carbocycles. The summed E-state index contributed by atoms with van der Waals surface area (Å²) in [6, 6.07) is 0. The summed E-state index contributed by atoms with van der Waals surface area (Å²) in [5.41, 5.74) is -0.122. The van der Waals surface area contributed by atoms with Crippen LogP contribution in [0, 0.1) is 0 Å². The van der Waals surface area contributed by atoms with Gasteiger partial charge in [-0.2, -0.15) is 0 Å². The van der Waals surface area contributed by atoms with Gasteiger partial charge in [0.25, 0.3) is 0 Å². The minimum absolute atomic E-state index is 0.111. The molecule has 0 rings (SSSR count). The quantitative estimate of drug-likeness (QED) is 0.612. The zero-order valence-corrected chi connectivity index (χ0v) is 7.85. The van der Waals surface area contributed by atoms with Crippen LogP contribution >= 0.6 is 0 Å². The molecular formula is C8H19NO2. The number of hydrogen-bond acceptors (Lipinski definition) is 3. The molecule has 0 aromatic rings. The van der Waals surface area contributed by atoms with Crippen molar-refractivity contribution in [2.45, 2.75) is 31.9 Å². The second-order valence-corrected chi connectivity index (χ2v) is 3.02. The fourth-order valence-corrected chi connectivity index (χ4v) is 1.02. The van der Waals surface area contributed by atoms with E-state index in [2.05, 4.69) is 5.32 Å². The number of aliphatic hydroxyl groups excluding tert-OH is 1. The summed E-state index contributed by atoms with van der Waals surface area (Å²) in [4.78, 5) is 0. The zero-order valence-electron chi connectivity index (χ0n) is 7.85. The Morgan fingerprint density at radius 3 is 2.45 bits per heavy atom. The molecule has 0 fully saturated rings. The first-order chi connectivity index (χ1) is 5.10. The fraction of sp³-hybridized carbons (Fsp3) is 1.00. The molecule has 2 N–H and O–H groups in total. The van der Waals surface area contributed by atoms with Crippen molar-refractivity contribution in [1.82, 2.24) is 5.32 Å². The molecule has 0 aliphatic heterocycles.